The molecule has 0 unspecified atom stereocenters. The predicted octanol–water partition coefficient (Wildman–Crippen LogP) is 3.19. The van der Waals surface area contributed by atoms with Gasteiger partial charge in [-0.25, -0.2) is 9.98 Å². The molecule has 2 amide bonds. The van der Waals surface area contributed by atoms with E-state index in [0.717, 1.165) is 62.6 Å². The first kappa shape index (κ1) is 23.9. The second kappa shape index (κ2) is 12.3. The summed E-state index contributed by atoms with van der Waals surface area (Å²) in [5.41, 5.74) is 1.76. The van der Waals surface area contributed by atoms with Gasteiger partial charge in [-0.05, 0) is 81.8 Å². The van der Waals surface area contributed by atoms with Crippen LogP contribution in [-0.4, -0.2) is 47.9 Å². The van der Waals surface area contributed by atoms with Crippen LogP contribution in [0.3, 0.4) is 0 Å². The number of thioether (sulfide) groups is 1. The number of nitrogens with one attached hydrogen (secondary N) is 3. The van der Waals surface area contributed by atoms with Crippen molar-refractivity contribution in [1.29, 1.82) is 0 Å². The van der Waals surface area contributed by atoms with Crippen molar-refractivity contribution in [1.82, 2.24) is 20.9 Å². The average Bonchev–Trinajstić information content (AvgIpc) is 3.13. The Hall–Kier alpha value is -2.78. The molecule has 9 heteroatoms. The molecule has 0 spiro atoms. The zero-order valence-electron chi connectivity index (χ0n) is 18.3. The van der Waals surface area contributed by atoms with E-state index >= 15 is 0 Å². The third-order valence-electron chi connectivity index (χ3n) is 5.48. The van der Waals surface area contributed by atoms with Gasteiger partial charge in [-0.1, -0.05) is 12.1 Å². The second-order valence-corrected chi connectivity index (χ2v) is 8.80. The Morgan fingerprint density at radius 2 is 2.12 bits per heavy atom. The molecule has 2 fully saturated rings. The van der Waals surface area contributed by atoms with E-state index in [0.29, 0.717) is 22.5 Å². The smallest absolute Gasteiger partial charge is 0.290 e. The minimum Gasteiger partial charge on any atom is -0.325 e. The number of rotatable bonds is 8. The summed E-state index contributed by atoms with van der Waals surface area (Å²) in [6.07, 6.45) is 10.5. The van der Waals surface area contributed by atoms with Gasteiger partial charge in [-0.2, -0.15) is 0 Å². The molecule has 2 aliphatic rings. The van der Waals surface area contributed by atoms with Crippen LogP contribution in [0.15, 0.2) is 57.1 Å². The molecule has 1 saturated heterocycles. The van der Waals surface area contributed by atoms with Crippen molar-refractivity contribution in [3.8, 4) is 0 Å². The normalized spacial score (nSPS) is 23.3. The van der Waals surface area contributed by atoms with E-state index in [1.54, 1.807) is 12.2 Å². The number of pyridine rings is 1. The summed E-state index contributed by atoms with van der Waals surface area (Å²) in [7, 11) is 0. The molecule has 2 heterocycles. The highest BCUT2D eigenvalue weighted by molar-refractivity contribution is 8.18. The molecule has 0 bridgehead atoms. The fourth-order valence-electron chi connectivity index (χ4n) is 3.72. The molecular weight excluding hydrogens is 424 g/mol. The lowest BCUT2D eigenvalue weighted by Gasteiger charge is -2.26. The van der Waals surface area contributed by atoms with Crippen LogP contribution >= 0.6 is 11.8 Å². The molecule has 8 nitrogen and oxygen atoms in total. The monoisotopic (exact) mass is 454 g/mol. The number of imide groups is 1. The van der Waals surface area contributed by atoms with Gasteiger partial charge in [0.05, 0.1) is 10.9 Å². The standard InChI is InChI=1S/C23H30N6O2S/c1-3-17(14-20-21(30)29-23(31)32-20)27-22(24-2)28-19-9-7-16(8-10-19)15-25-13-11-18-6-4-5-12-26-18/h3-6,12,14,16,19,25H,2,7-11,13,15H2,1H3,(H,27,28)(H,29,30,31)/b17-3-,20-14-. The Morgan fingerprint density at radius 3 is 2.75 bits per heavy atom. The van der Waals surface area contributed by atoms with Crippen LogP contribution in [0.1, 0.15) is 38.3 Å². The van der Waals surface area contributed by atoms with Gasteiger partial charge in [-0.15, -0.1) is 0 Å². The van der Waals surface area contributed by atoms with Gasteiger partial charge in [0.25, 0.3) is 11.1 Å². The molecular formula is C23H30N6O2S. The van der Waals surface area contributed by atoms with Crippen LogP contribution in [0.5, 0.6) is 0 Å². The van der Waals surface area contributed by atoms with Gasteiger partial charge in [-0.3, -0.25) is 19.9 Å². The Balaban J connectivity index is 1.43. The van der Waals surface area contributed by atoms with Crippen molar-refractivity contribution < 1.29 is 9.59 Å². The number of hydrogen-bond acceptors (Lipinski definition) is 6. The summed E-state index contributed by atoms with van der Waals surface area (Å²) in [5.74, 6) is 0.698. The molecule has 32 heavy (non-hydrogen) atoms. The SMILES string of the molecule is C=NC(=NC1CCC(CNCCc2ccccn2)CC1)NC(=C\C)/C=C1\SC(=O)NC1=O. The van der Waals surface area contributed by atoms with Crippen molar-refractivity contribution in [3.63, 3.8) is 0 Å². The molecule has 1 aliphatic carbocycles. The minimum absolute atomic E-state index is 0.198. The molecule has 170 valence electrons. The van der Waals surface area contributed by atoms with Crippen molar-refractivity contribution >= 4 is 35.6 Å². The lowest BCUT2D eigenvalue weighted by atomic mass is 9.86. The lowest BCUT2D eigenvalue weighted by Crippen LogP contribution is -2.30. The maximum Gasteiger partial charge on any atom is 0.290 e. The lowest BCUT2D eigenvalue weighted by molar-refractivity contribution is -0.115. The molecule has 1 aliphatic heterocycles. The first-order chi connectivity index (χ1) is 15.6. The number of aromatic nitrogens is 1. The predicted molar refractivity (Wildman–Crippen MR) is 130 cm³/mol. The highest BCUT2D eigenvalue weighted by Gasteiger charge is 2.25. The number of aliphatic imine (C=N–C) groups is 2. The van der Waals surface area contributed by atoms with E-state index in [1.165, 1.54) is 0 Å². The Bertz CT molecular complexity index is 904. The van der Waals surface area contributed by atoms with Gasteiger partial charge in [0.1, 0.15) is 0 Å². The van der Waals surface area contributed by atoms with Crippen LogP contribution in [0.25, 0.3) is 0 Å². The maximum absolute atomic E-state index is 11.8. The van der Waals surface area contributed by atoms with Crippen molar-refractivity contribution in [2.24, 2.45) is 15.9 Å². The van der Waals surface area contributed by atoms with E-state index in [-0.39, 0.29) is 11.3 Å². The summed E-state index contributed by atoms with van der Waals surface area (Å²) < 4.78 is 0. The topological polar surface area (TPSA) is 108 Å². The zero-order chi connectivity index (χ0) is 22.8. The highest BCUT2D eigenvalue weighted by Crippen LogP contribution is 2.26. The maximum atomic E-state index is 11.8. The van der Waals surface area contributed by atoms with E-state index < -0.39 is 5.91 Å². The first-order valence-corrected chi connectivity index (χ1v) is 11.7. The van der Waals surface area contributed by atoms with E-state index in [1.807, 2.05) is 25.3 Å². The van der Waals surface area contributed by atoms with E-state index in [2.05, 4.69) is 38.7 Å². The summed E-state index contributed by atoms with van der Waals surface area (Å²) in [6, 6.07) is 6.21. The molecule has 0 aromatic carbocycles. The summed E-state index contributed by atoms with van der Waals surface area (Å²) >= 11 is 0.880. The Labute approximate surface area is 193 Å². The quantitative estimate of drug-likeness (QED) is 0.241. The number of carbonyl (C=O) groups excluding carboxylic acids is 2. The first-order valence-electron chi connectivity index (χ1n) is 10.9. The fraction of sp³-hybridized carbons (Fsp3) is 0.435. The number of guanidine groups is 1. The molecule has 1 saturated carbocycles. The summed E-state index contributed by atoms with van der Waals surface area (Å²) in [4.78, 5) is 36.5. The average molecular weight is 455 g/mol. The molecule has 1 aromatic heterocycles. The molecule has 3 N–H and O–H groups in total. The number of amides is 2. The van der Waals surface area contributed by atoms with Gasteiger partial charge in [0.15, 0.2) is 0 Å². The van der Waals surface area contributed by atoms with Gasteiger partial charge in [0, 0.05) is 30.6 Å². The molecule has 0 radical (unpaired) electrons. The van der Waals surface area contributed by atoms with Crippen LogP contribution in [0.2, 0.25) is 0 Å². The molecule has 0 atom stereocenters. The second-order valence-electron chi connectivity index (χ2n) is 7.78. The Kier molecular flexibility index (Phi) is 9.18. The van der Waals surface area contributed by atoms with Gasteiger partial charge >= 0.3 is 0 Å². The third-order valence-corrected chi connectivity index (χ3v) is 6.29. The van der Waals surface area contributed by atoms with Crippen molar-refractivity contribution in [2.75, 3.05) is 13.1 Å². The third kappa shape index (κ3) is 7.42. The minimum atomic E-state index is -0.391. The summed E-state index contributed by atoms with van der Waals surface area (Å²) in [6.45, 7) is 7.41. The van der Waals surface area contributed by atoms with Crippen LogP contribution in [0.4, 0.5) is 4.79 Å². The Morgan fingerprint density at radius 1 is 1.31 bits per heavy atom. The van der Waals surface area contributed by atoms with Crippen LogP contribution in [-0.2, 0) is 11.2 Å². The van der Waals surface area contributed by atoms with Crippen LogP contribution < -0.4 is 16.0 Å². The van der Waals surface area contributed by atoms with Crippen LogP contribution in [0, 0.1) is 5.92 Å². The molecule has 1 aromatic rings. The van der Waals surface area contributed by atoms with Crippen molar-refractivity contribution in [2.45, 2.75) is 45.1 Å². The van der Waals surface area contributed by atoms with E-state index in [9.17, 15) is 9.59 Å². The number of nitrogens with zero attached hydrogens (tertiary/aromatic N) is 3. The summed E-state index contributed by atoms with van der Waals surface area (Å²) in [5, 5.41) is 8.55. The highest BCUT2D eigenvalue weighted by atomic mass is 32.2. The number of allylic oxidation sites excluding steroid dienone is 2. The van der Waals surface area contributed by atoms with Crippen molar-refractivity contribution in [3.05, 3.63) is 52.8 Å². The van der Waals surface area contributed by atoms with Gasteiger partial charge in [0.2, 0.25) is 5.96 Å². The number of carbonyl (C=O) groups is 2. The van der Waals surface area contributed by atoms with E-state index in [4.69, 9.17) is 4.99 Å². The number of hydrogen-bond donors (Lipinski definition) is 3. The fourth-order valence-corrected chi connectivity index (χ4v) is 4.39. The van der Waals surface area contributed by atoms with Gasteiger partial charge < -0.3 is 10.6 Å². The largest absolute Gasteiger partial charge is 0.325 e. The molecule has 3 rings (SSSR count). The zero-order valence-corrected chi connectivity index (χ0v) is 19.2.